The van der Waals surface area contributed by atoms with Crippen molar-refractivity contribution in [2.24, 2.45) is 0 Å². The van der Waals surface area contributed by atoms with Crippen LogP contribution >= 0.6 is 0 Å². The van der Waals surface area contributed by atoms with Crippen LogP contribution in [0.15, 0.2) is 48.7 Å². The summed E-state index contributed by atoms with van der Waals surface area (Å²) in [6.45, 7) is 5.36. The van der Waals surface area contributed by atoms with Gasteiger partial charge in [-0.1, -0.05) is 24.3 Å². The van der Waals surface area contributed by atoms with Crippen molar-refractivity contribution in [2.75, 3.05) is 43.4 Å². The second-order valence-corrected chi connectivity index (χ2v) is 5.40. The average Bonchev–Trinajstić information content (AvgIpc) is 2.57. The van der Waals surface area contributed by atoms with Crippen LogP contribution in [0.4, 0.5) is 11.5 Å². The third-order valence-corrected chi connectivity index (χ3v) is 3.98. The normalized spacial score (nSPS) is 16.0. The maximum atomic E-state index is 4.38. The summed E-state index contributed by atoms with van der Waals surface area (Å²) in [4.78, 5) is 9.33. The van der Waals surface area contributed by atoms with Gasteiger partial charge in [0.05, 0.1) is 0 Å². The van der Waals surface area contributed by atoms with Crippen molar-refractivity contribution >= 4 is 11.5 Å². The van der Waals surface area contributed by atoms with Crippen LogP contribution in [0.3, 0.4) is 0 Å². The molecule has 4 nitrogen and oxygen atoms in total. The average molecular weight is 282 g/mol. The van der Waals surface area contributed by atoms with Crippen LogP contribution in [0.25, 0.3) is 0 Å². The lowest BCUT2D eigenvalue weighted by molar-refractivity contribution is 0.249. The van der Waals surface area contributed by atoms with E-state index in [4.69, 9.17) is 0 Å². The number of anilines is 2. The molecule has 1 aliphatic rings. The van der Waals surface area contributed by atoms with Gasteiger partial charge in [-0.05, 0) is 23.8 Å². The molecule has 0 radical (unpaired) electrons. The first kappa shape index (κ1) is 13.9. The van der Waals surface area contributed by atoms with Crippen molar-refractivity contribution in [3.8, 4) is 0 Å². The predicted octanol–water partition coefficient (Wildman–Crippen LogP) is 2.45. The Labute approximate surface area is 126 Å². The van der Waals surface area contributed by atoms with Crippen LogP contribution in [0.5, 0.6) is 0 Å². The summed E-state index contributed by atoms with van der Waals surface area (Å²) in [6.07, 6.45) is 1.97. The molecule has 4 heteroatoms. The maximum Gasteiger partial charge on any atom is 0.125 e. The largest absolute Gasteiger partial charge is 0.373 e. The van der Waals surface area contributed by atoms with Crippen molar-refractivity contribution < 1.29 is 0 Å². The fourth-order valence-corrected chi connectivity index (χ4v) is 2.73. The third-order valence-electron chi connectivity index (χ3n) is 3.98. The Morgan fingerprint density at radius 1 is 1.00 bits per heavy atom. The van der Waals surface area contributed by atoms with Gasteiger partial charge in [0.2, 0.25) is 0 Å². The molecule has 1 aromatic carbocycles. The summed E-state index contributed by atoms with van der Waals surface area (Å²) < 4.78 is 0. The van der Waals surface area contributed by atoms with E-state index in [1.165, 1.54) is 11.3 Å². The third kappa shape index (κ3) is 3.52. The van der Waals surface area contributed by atoms with Gasteiger partial charge in [0, 0.05) is 51.7 Å². The molecule has 1 aromatic heterocycles. The van der Waals surface area contributed by atoms with E-state index in [9.17, 15) is 0 Å². The Bertz CT molecular complexity index is 545. The van der Waals surface area contributed by atoms with Crippen molar-refractivity contribution in [3.63, 3.8) is 0 Å². The molecule has 0 atom stereocenters. The van der Waals surface area contributed by atoms with Gasteiger partial charge in [-0.2, -0.15) is 0 Å². The number of hydrogen-bond acceptors (Lipinski definition) is 4. The minimum atomic E-state index is 0.924. The fourth-order valence-electron chi connectivity index (χ4n) is 2.73. The van der Waals surface area contributed by atoms with Crippen LogP contribution < -0.4 is 10.2 Å². The van der Waals surface area contributed by atoms with E-state index in [-0.39, 0.29) is 0 Å². The molecule has 0 bridgehead atoms. The van der Waals surface area contributed by atoms with Gasteiger partial charge in [0.1, 0.15) is 5.82 Å². The molecular weight excluding hydrogens is 260 g/mol. The van der Waals surface area contributed by atoms with Crippen molar-refractivity contribution in [1.82, 2.24) is 9.88 Å². The number of piperazine rings is 1. The zero-order valence-corrected chi connectivity index (χ0v) is 12.5. The molecular formula is C17H22N4. The zero-order chi connectivity index (χ0) is 14.5. The van der Waals surface area contributed by atoms with E-state index in [0.717, 1.165) is 38.5 Å². The molecule has 3 rings (SSSR count). The Morgan fingerprint density at radius 2 is 1.76 bits per heavy atom. The van der Waals surface area contributed by atoms with E-state index < -0.39 is 0 Å². The number of para-hydroxylation sites is 1. The summed E-state index contributed by atoms with van der Waals surface area (Å²) in [6, 6.07) is 14.9. The molecule has 0 spiro atoms. The number of benzene rings is 1. The molecule has 2 aromatic rings. The van der Waals surface area contributed by atoms with Gasteiger partial charge < -0.3 is 10.2 Å². The predicted molar refractivity (Wildman–Crippen MR) is 87.7 cm³/mol. The molecule has 1 N–H and O–H groups in total. The van der Waals surface area contributed by atoms with Crippen LogP contribution in [-0.2, 0) is 6.54 Å². The highest BCUT2D eigenvalue weighted by molar-refractivity contribution is 5.46. The topological polar surface area (TPSA) is 31.4 Å². The van der Waals surface area contributed by atoms with Crippen molar-refractivity contribution in [1.29, 1.82) is 0 Å². The summed E-state index contributed by atoms with van der Waals surface area (Å²) >= 11 is 0. The van der Waals surface area contributed by atoms with Crippen LogP contribution in [0.1, 0.15) is 5.56 Å². The lowest BCUT2D eigenvalue weighted by atomic mass is 10.2. The number of nitrogens with one attached hydrogen (secondary N) is 1. The molecule has 1 fully saturated rings. The number of pyridine rings is 1. The van der Waals surface area contributed by atoms with Gasteiger partial charge in [0.15, 0.2) is 0 Å². The van der Waals surface area contributed by atoms with Crippen LogP contribution in [0, 0.1) is 0 Å². The SMILES string of the molecule is CNc1ccc(CN2CCN(c3ccccc3)CC2)cn1. The minimum absolute atomic E-state index is 0.924. The Kier molecular flexibility index (Phi) is 4.36. The van der Waals surface area contributed by atoms with Crippen LogP contribution in [-0.4, -0.2) is 43.1 Å². The number of nitrogens with zero attached hydrogens (tertiary/aromatic N) is 3. The first-order valence-electron chi connectivity index (χ1n) is 7.50. The minimum Gasteiger partial charge on any atom is -0.373 e. The zero-order valence-electron chi connectivity index (χ0n) is 12.5. The summed E-state index contributed by atoms with van der Waals surface area (Å²) in [5.74, 6) is 0.924. The van der Waals surface area contributed by atoms with E-state index >= 15 is 0 Å². The molecule has 0 amide bonds. The lowest BCUT2D eigenvalue weighted by Crippen LogP contribution is -2.45. The Balaban J connectivity index is 1.53. The van der Waals surface area contributed by atoms with E-state index in [1.807, 2.05) is 19.3 Å². The second-order valence-electron chi connectivity index (χ2n) is 5.40. The van der Waals surface area contributed by atoms with Crippen molar-refractivity contribution in [3.05, 3.63) is 54.2 Å². The molecule has 1 saturated heterocycles. The molecule has 0 saturated carbocycles. The Morgan fingerprint density at radius 3 is 2.38 bits per heavy atom. The first-order chi connectivity index (χ1) is 10.3. The maximum absolute atomic E-state index is 4.38. The van der Waals surface area contributed by atoms with E-state index in [0.29, 0.717) is 0 Å². The quantitative estimate of drug-likeness (QED) is 0.933. The molecule has 0 aliphatic carbocycles. The van der Waals surface area contributed by atoms with E-state index in [1.54, 1.807) is 0 Å². The lowest BCUT2D eigenvalue weighted by Gasteiger charge is -2.36. The van der Waals surface area contributed by atoms with Gasteiger partial charge in [-0.15, -0.1) is 0 Å². The monoisotopic (exact) mass is 282 g/mol. The number of hydrogen-bond donors (Lipinski definition) is 1. The van der Waals surface area contributed by atoms with Gasteiger partial charge >= 0.3 is 0 Å². The molecule has 1 aliphatic heterocycles. The number of rotatable bonds is 4. The summed E-state index contributed by atoms with van der Waals surface area (Å²) in [7, 11) is 1.89. The summed E-state index contributed by atoms with van der Waals surface area (Å²) in [5, 5.41) is 3.05. The molecule has 21 heavy (non-hydrogen) atoms. The van der Waals surface area contributed by atoms with Gasteiger partial charge in [-0.25, -0.2) is 4.98 Å². The van der Waals surface area contributed by atoms with Crippen LogP contribution in [0.2, 0.25) is 0 Å². The van der Waals surface area contributed by atoms with Gasteiger partial charge in [0.25, 0.3) is 0 Å². The number of aromatic nitrogens is 1. The highest BCUT2D eigenvalue weighted by Gasteiger charge is 2.17. The highest BCUT2D eigenvalue weighted by atomic mass is 15.3. The highest BCUT2D eigenvalue weighted by Crippen LogP contribution is 2.16. The standard InChI is InChI=1S/C17H22N4/c1-18-17-8-7-15(13-19-17)14-20-9-11-21(12-10-20)16-5-3-2-4-6-16/h2-8,13H,9-12,14H2,1H3,(H,18,19). The van der Waals surface area contributed by atoms with Gasteiger partial charge in [-0.3, -0.25) is 4.90 Å². The summed E-state index contributed by atoms with van der Waals surface area (Å²) in [5.41, 5.74) is 2.61. The molecule has 110 valence electrons. The molecule has 0 unspecified atom stereocenters. The first-order valence-corrected chi connectivity index (χ1v) is 7.50. The van der Waals surface area contributed by atoms with Crippen molar-refractivity contribution in [2.45, 2.75) is 6.54 Å². The molecule has 2 heterocycles. The second kappa shape index (κ2) is 6.59. The fraction of sp³-hybridized carbons (Fsp3) is 0.353. The Hall–Kier alpha value is -2.07. The smallest absolute Gasteiger partial charge is 0.125 e. The van der Waals surface area contributed by atoms with E-state index in [2.05, 4.69) is 56.5 Å².